The van der Waals surface area contributed by atoms with E-state index in [1.807, 2.05) is 0 Å². The average Bonchev–Trinajstić information content (AvgIpc) is 2.53. The molecule has 0 unspecified atom stereocenters. The van der Waals surface area contributed by atoms with E-state index in [2.05, 4.69) is 21.4 Å². The van der Waals surface area contributed by atoms with Gasteiger partial charge in [0.15, 0.2) is 0 Å². The molecule has 1 heterocycles. The molecule has 0 aliphatic heterocycles. The van der Waals surface area contributed by atoms with Gasteiger partial charge in [-0.1, -0.05) is 5.92 Å². The zero-order valence-electron chi connectivity index (χ0n) is 6.40. The molecular weight excluding hydrogens is 156 g/mol. The summed E-state index contributed by atoms with van der Waals surface area (Å²) in [4.78, 5) is 11.0. The Morgan fingerprint density at radius 3 is 2.83 bits per heavy atom. The fraction of sp³-hybridized carbons (Fsp3) is 0.286. The maximum absolute atomic E-state index is 11.0. The van der Waals surface area contributed by atoms with Crippen molar-refractivity contribution in [1.82, 2.24) is 20.1 Å². The smallest absolute Gasteiger partial charge is 0.240 e. The Morgan fingerprint density at radius 1 is 1.58 bits per heavy atom. The summed E-state index contributed by atoms with van der Waals surface area (Å²) >= 11 is 0. The second kappa shape index (κ2) is 4.13. The van der Waals surface area contributed by atoms with E-state index < -0.39 is 0 Å². The topological polar surface area (TPSA) is 59.8 Å². The lowest BCUT2D eigenvalue weighted by Crippen LogP contribution is -2.27. The highest BCUT2D eigenvalue weighted by Gasteiger charge is 1.99. The molecule has 5 nitrogen and oxygen atoms in total. The van der Waals surface area contributed by atoms with Crippen LogP contribution in [0.3, 0.4) is 0 Å². The molecule has 0 aliphatic carbocycles. The predicted molar refractivity (Wildman–Crippen MR) is 41.9 cm³/mol. The molecule has 0 spiro atoms. The third kappa shape index (κ3) is 2.42. The van der Waals surface area contributed by atoms with Gasteiger partial charge in [-0.2, -0.15) is 0 Å². The van der Waals surface area contributed by atoms with E-state index in [9.17, 15) is 4.79 Å². The molecular formula is C7H8N4O. The third-order valence-corrected chi connectivity index (χ3v) is 1.18. The number of rotatable bonds is 3. The van der Waals surface area contributed by atoms with Crippen LogP contribution in [0.2, 0.25) is 0 Å². The Labute approximate surface area is 69.8 Å². The minimum absolute atomic E-state index is 0.146. The van der Waals surface area contributed by atoms with Crippen LogP contribution in [0.5, 0.6) is 0 Å². The van der Waals surface area contributed by atoms with E-state index in [-0.39, 0.29) is 19.0 Å². The summed E-state index contributed by atoms with van der Waals surface area (Å²) in [5, 5.41) is 9.62. The number of hydrogen-bond acceptors (Lipinski definition) is 3. The molecule has 1 amide bonds. The van der Waals surface area contributed by atoms with Gasteiger partial charge < -0.3 is 9.88 Å². The Bertz CT molecular complexity index is 285. The number of carbonyl (C=O) groups excluding carboxylic acids is 1. The molecule has 1 aromatic rings. The molecule has 0 saturated heterocycles. The number of hydrogen-bond donors (Lipinski definition) is 1. The van der Waals surface area contributed by atoms with Crippen LogP contribution in [-0.2, 0) is 11.3 Å². The third-order valence-electron chi connectivity index (χ3n) is 1.18. The lowest BCUT2D eigenvalue weighted by molar-refractivity contribution is -0.121. The first-order valence-electron chi connectivity index (χ1n) is 3.35. The molecule has 0 bridgehead atoms. The summed E-state index contributed by atoms with van der Waals surface area (Å²) in [6, 6.07) is 0. The normalized spacial score (nSPS) is 8.92. The number of terminal acetylenes is 1. The number of nitrogens with zero attached hydrogens (tertiary/aromatic N) is 3. The van der Waals surface area contributed by atoms with Crippen LogP contribution >= 0.6 is 0 Å². The molecule has 0 atom stereocenters. The van der Waals surface area contributed by atoms with Crippen LogP contribution in [0.1, 0.15) is 0 Å². The largest absolute Gasteiger partial charge is 0.344 e. The molecule has 1 N–H and O–H groups in total. The molecule has 0 aliphatic rings. The molecule has 5 heteroatoms. The zero-order valence-corrected chi connectivity index (χ0v) is 6.40. The molecule has 0 aromatic carbocycles. The van der Waals surface area contributed by atoms with Crippen LogP contribution in [-0.4, -0.2) is 27.2 Å². The first-order valence-corrected chi connectivity index (χ1v) is 3.35. The van der Waals surface area contributed by atoms with Gasteiger partial charge in [0, 0.05) is 0 Å². The van der Waals surface area contributed by atoms with Crippen LogP contribution < -0.4 is 5.32 Å². The second-order valence-electron chi connectivity index (χ2n) is 2.12. The van der Waals surface area contributed by atoms with Crippen molar-refractivity contribution in [3.8, 4) is 12.3 Å². The van der Waals surface area contributed by atoms with Crippen LogP contribution in [0.25, 0.3) is 0 Å². The summed E-state index contributed by atoms with van der Waals surface area (Å²) < 4.78 is 1.56. The number of aromatic nitrogens is 3. The summed E-state index contributed by atoms with van der Waals surface area (Å²) in [5.74, 6) is 2.16. The second-order valence-corrected chi connectivity index (χ2v) is 2.12. The van der Waals surface area contributed by atoms with Gasteiger partial charge in [0.1, 0.15) is 19.2 Å². The highest BCUT2D eigenvalue weighted by Crippen LogP contribution is 1.81. The minimum Gasteiger partial charge on any atom is -0.344 e. The van der Waals surface area contributed by atoms with E-state index >= 15 is 0 Å². The van der Waals surface area contributed by atoms with Crippen molar-refractivity contribution in [2.45, 2.75) is 6.54 Å². The Morgan fingerprint density at radius 2 is 2.25 bits per heavy atom. The van der Waals surface area contributed by atoms with E-state index in [1.165, 1.54) is 12.7 Å². The number of carbonyl (C=O) groups is 1. The van der Waals surface area contributed by atoms with Crippen molar-refractivity contribution in [1.29, 1.82) is 0 Å². The van der Waals surface area contributed by atoms with Crippen molar-refractivity contribution in [2.75, 3.05) is 6.54 Å². The van der Waals surface area contributed by atoms with Gasteiger partial charge in [0.25, 0.3) is 0 Å². The molecule has 0 saturated carbocycles. The average molecular weight is 164 g/mol. The zero-order chi connectivity index (χ0) is 8.81. The highest BCUT2D eigenvalue weighted by atomic mass is 16.1. The monoisotopic (exact) mass is 164 g/mol. The Kier molecular flexibility index (Phi) is 2.85. The van der Waals surface area contributed by atoms with Crippen molar-refractivity contribution in [3.63, 3.8) is 0 Å². The quantitative estimate of drug-likeness (QED) is 0.584. The van der Waals surface area contributed by atoms with Crippen molar-refractivity contribution >= 4 is 5.91 Å². The molecule has 62 valence electrons. The van der Waals surface area contributed by atoms with E-state index in [0.717, 1.165) is 0 Å². The van der Waals surface area contributed by atoms with E-state index in [1.54, 1.807) is 4.57 Å². The minimum atomic E-state index is -0.146. The summed E-state index contributed by atoms with van der Waals surface area (Å²) in [5.41, 5.74) is 0. The van der Waals surface area contributed by atoms with Gasteiger partial charge in [-0.15, -0.1) is 16.6 Å². The standard InChI is InChI=1S/C7H8N4O/c1-2-3-8-7(12)4-11-5-9-10-6-11/h1,5-6H,3-4H2,(H,8,12). The molecule has 1 aromatic heterocycles. The Balaban J connectivity index is 2.33. The van der Waals surface area contributed by atoms with Gasteiger partial charge in [0.2, 0.25) is 5.91 Å². The van der Waals surface area contributed by atoms with Gasteiger partial charge in [-0.25, -0.2) is 0 Å². The Hall–Kier alpha value is -1.83. The van der Waals surface area contributed by atoms with Crippen molar-refractivity contribution in [3.05, 3.63) is 12.7 Å². The lowest BCUT2D eigenvalue weighted by Gasteiger charge is -2.00. The summed E-state index contributed by atoms with van der Waals surface area (Å²) in [7, 11) is 0. The van der Waals surface area contributed by atoms with Crippen molar-refractivity contribution < 1.29 is 4.79 Å². The van der Waals surface area contributed by atoms with Gasteiger partial charge in [-0.05, 0) is 0 Å². The predicted octanol–water partition coefficient (Wildman–Crippen LogP) is -0.973. The number of amides is 1. The molecule has 0 radical (unpaired) electrons. The molecule has 0 fully saturated rings. The fourth-order valence-electron chi connectivity index (χ4n) is 0.675. The maximum atomic E-state index is 11.0. The molecule has 1 rings (SSSR count). The molecule has 12 heavy (non-hydrogen) atoms. The van der Waals surface area contributed by atoms with Gasteiger partial charge in [0.05, 0.1) is 6.54 Å². The van der Waals surface area contributed by atoms with Crippen LogP contribution in [0.4, 0.5) is 0 Å². The summed E-state index contributed by atoms with van der Waals surface area (Å²) in [6.45, 7) is 0.454. The van der Waals surface area contributed by atoms with Gasteiger partial charge in [-0.3, -0.25) is 4.79 Å². The summed E-state index contributed by atoms with van der Waals surface area (Å²) in [6.07, 6.45) is 7.89. The first-order chi connectivity index (χ1) is 5.83. The fourth-order valence-corrected chi connectivity index (χ4v) is 0.675. The maximum Gasteiger partial charge on any atom is 0.240 e. The number of nitrogens with one attached hydrogen (secondary N) is 1. The van der Waals surface area contributed by atoms with E-state index in [4.69, 9.17) is 6.42 Å². The van der Waals surface area contributed by atoms with Crippen molar-refractivity contribution in [2.24, 2.45) is 0 Å². The highest BCUT2D eigenvalue weighted by molar-refractivity contribution is 5.75. The van der Waals surface area contributed by atoms with Gasteiger partial charge >= 0.3 is 0 Å². The van der Waals surface area contributed by atoms with E-state index in [0.29, 0.717) is 0 Å². The lowest BCUT2D eigenvalue weighted by atomic mass is 10.5. The van der Waals surface area contributed by atoms with Crippen LogP contribution in [0, 0.1) is 12.3 Å². The van der Waals surface area contributed by atoms with Crippen LogP contribution in [0.15, 0.2) is 12.7 Å². The first kappa shape index (κ1) is 8.27. The SMILES string of the molecule is C#CCNC(=O)Cn1cnnc1.